The third-order valence-electron chi connectivity index (χ3n) is 4.40. The topological polar surface area (TPSA) is 95.6 Å². The molecule has 9 heteroatoms. The number of carbonyl (C=O) groups excluding carboxylic acids is 2. The Balaban J connectivity index is 1.53. The maximum absolute atomic E-state index is 12.4. The summed E-state index contributed by atoms with van der Waals surface area (Å²) in [6.07, 6.45) is 1.43. The molecule has 1 saturated heterocycles. The molecule has 1 aliphatic rings. The van der Waals surface area contributed by atoms with Gasteiger partial charge in [-0.3, -0.25) is 19.9 Å². The van der Waals surface area contributed by atoms with Crippen LogP contribution in [0.2, 0.25) is 0 Å². The van der Waals surface area contributed by atoms with Gasteiger partial charge < -0.3 is 0 Å². The average Bonchev–Trinajstić information content (AvgIpc) is 3.22. The zero-order valence-corrected chi connectivity index (χ0v) is 16.3. The first-order valence-electron chi connectivity index (χ1n) is 8.61. The van der Waals surface area contributed by atoms with Gasteiger partial charge in [-0.2, -0.15) is 0 Å². The highest BCUT2D eigenvalue weighted by Crippen LogP contribution is 2.18. The van der Waals surface area contributed by atoms with Crippen molar-refractivity contribution >= 4 is 33.1 Å². The highest BCUT2D eigenvalue weighted by atomic mass is 32.2. The molecule has 1 unspecified atom stereocenters. The zero-order valence-electron chi connectivity index (χ0n) is 14.6. The summed E-state index contributed by atoms with van der Waals surface area (Å²) in [5, 5.41) is 1.86. The summed E-state index contributed by atoms with van der Waals surface area (Å²) in [6, 6.07) is 11.5. The number of rotatable bonds is 7. The summed E-state index contributed by atoms with van der Waals surface area (Å²) in [7, 11) is -3.80. The Morgan fingerprint density at radius 1 is 1.15 bits per heavy atom. The molecule has 0 spiro atoms. The first kappa shape index (κ1) is 19.7. The summed E-state index contributed by atoms with van der Waals surface area (Å²) in [4.78, 5) is 29.5. The van der Waals surface area contributed by atoms with Crippen molar-refractivity contribution in [3.63, 3.8) is 0 Å². The molecule has 1 amide bonds. The molecule has 0 aliphatic carbocycles. The van der Waals surface area contributed by atoms with Crippen LogP contribution in [0.5, 0.6) is 0 Å². The minimum Gasteiger partial charge on any atom is -0.295 e. The van der Waals surface area contributed by atoms with Gasteiger partial charge in [-0.25, -0.2) is 8.42 Å². The van der Waals surface area contributed by atoms with Crippen LogP contribution in [0.3, 0.4) is 0 Å². The molecule has 1 aromatic carbocycles. The van der Waals surface area contributed by atoms with Gasteiger partial charge in [0.05, 0.1) is 22.2 Å². The number of hydrazine groups is 1. The van der Waals surface area contributed by atoms with Gasteiger partial charge in [0.25, 0.3) is 10.0 Å². The Morgan fingerprint density at radius 2 is 1.93 bits per heavy atom. The smallest absolute Gasteiger partial charge is 0.257 e. The molecule has 1 fully saturated rings. The SMILES string of the molecule is O=C(CN1CCCC(C(=O)NNS(=O)(=O)c2ccccc2)C1)c1cccs1. The standard InChI is InChI=1S/C18H21N3O4S2/c22-16(17-9-5-11-26-17)13-21-10-4-6-14(12-21)18(23)19-20-27(24,25)15-7-2-1-3-8-15/h1-3,5,7-9,11,14,20H,4,6,10,12-13H2,(H,19,23). The Labute approximate surface area is 162 Å². The number of carbonyl (C=O) groups is 2. The van der Waals surface area contributed by atoms with Crippen LogP contribution in [-0.4, -0.2) is 44.6 Å². The fourth-order valence-electron chi connectivity index (χ4n) is 3.01. The monoisotopic (exact) mass is 407 g/mol. The molecule has 2 heterocycles. The number of nitrogens with one attached hydrogen (secondary N) is 2. The van der Waals surface area contributed by atoms with E-state index in [4.69, 9.17) is 0 Å². The Kier molecular flexibility index (Phi) is 6.38. The van der Waals surface area contributed by atoms with Crippen molar-refractivity contribution in [3.8, 4) is 0 Å². The van der Waals surface area contributed by atoms with Gasteiger partial charge in [0.1, 0.15) is 0 Å². The molecule has 1 aromatic heterocycles. The summed E-state index contributed by atoms with van der Waals surface area (Å²) in [5.74, 6) is -0.716. The van der Waals surface area contributed by atoms with Gasteiger partial charge in [0, 0.05) is 6.54 Å². The van der Waals surface area contributed by atoms with Crippen LogP contribution in [0.4, 0.5) is 0 Å². The molecule has 2 N–H and O–H groups in total. The normalized spacial score (nSPS) is 18.1. The minimum absolute atomic E-state index is 0.0378. The summed E-state index contributed by atoms with van der Waals surface area (Å²) >= 11 is 1.40. The quantitative estimate of drug-likeness (QED) is 0.538. The number of hydrogen-bond donors (Lipinski definition) is 2. The fourth-order valence-corrected chi connectivity index (χ4v) is 4.53. The Morgan fingerprint density at radius 3 is 2.63 bits per heavy atom. The van der Waals surface area contributed by atoms with Gasteiger partial charge in [-0.05, 0) is 43.0 Å². The van der Waals surface area contributed by atoms with E-state index in [1.54, 1.807) is 24.3 Å². The van der Waals surface area contributed by atoms with Crippen LogP contribution in [0.15, 0.2) is 52.7 Å². The molecular weight excluding hydrogens is 386 g/mol. The third-order valence-corrected chi connectivity index (χ3v) is 6.58. The largest absolute Gasteiger partial charge is 0.295 e. The highest BCUT2D eigenvalue weighted by Gasteiger charge is 2.28. The Bertz CT molecular complexity index is 883. The van der Waals surface area contributed by atoms with Crippen LogP contribution in [0.25, 0.3) is 0 Å². The fraction of sp³-hybridized carbons (Fsp3) is 0.333. The van der Waals surface area contributed by atoms with Crippen molar-refractivity contribution in [1.29, 1.82) is 0 Å². The number of thiophene rings is 1. The van der Waals surface area contributed by atoms with E-state index >= 15 is 0 Å². The molecule has 3 rings (SSSR count). The number of hydrogen-bond acceptors (Lipinski definition) is 6. The van der Waals surface area contributed by atoms with Gasteiger partial charge in [0.2, 0.25) is 5.91 Å². The summed E-state index contributed by atoms with van der Waals surface area (Å²) in [5.41, 5.74) is 2.31. The number of nitrogens with zero attached hydrogens (tertiary/aromatic N) is 1. The Hall–Kier alpha value is -2.07. The van der Waals surface area contributed by atoms with Crippen molar-refractivity contribution in [2.45, 2.75) is 17.7 Å². The van der Waals surface area contributed by atoms with E-state index in [0.29, 0.717) is 17.8 Å². The van der Waals surface area contributed by atoms with Gasteiger partial charge in [-0.1, -0.05) is 24.3 Å². The van der Waals surface area contributed by atoms with E-state index in [1.165, 1.54) is 23.5 Å². The van der Waals surface area contributed by atoms with Crippen molar-refractivity contribution in [2.24, 2.45) is 5.92 Å². The molecular formula is C18H21N3O4S2. The number of ketones is 1. The van der Waals surface area contributed by atoms with Gasteiger partial charge in [-0.15, -0.1) is 16.2 Å². The van der Waals surface area contributed by atoms with Crippen molar-refractivity contribution in [2.75, 3.05) is 19.6 Å². The third kappa shape index (κ3) is 5.23. The molecule has 1 aliphatic heterocycles. The lowest BCUT2D eigenvalue weighted by molar-refractivity contribution is -0.127. The molecule has 7 nitrogen and oxygen atoms in total. The maximum Gasteiger partial charge on any atom is 0.257 e. The van der Waals surface area contributed by atoms with Crippen LogP contribution < -0.4 is 10.3 Å². The van der Waals surface area contributed by atoms with Crippen LogP contribution in [0.1, 0.15) is 22.5 Å². The van der Waals surface area contributed by atoms with Gasteiger partial charge in [0.15, 0.2) is 5.78 Å². The van der Waals surface area contributed by atoms with E-state index < -0.39 is 10.0 Å². The second-order valence-corrected chi connectivity index (χ2v) is 9.01. The number of piperidine rings is 1. The predicted octanol–water partition coefficient (Wildman–Crippen LogP) is 1.65. The summed E-state index contributed by atoms with van der Waals surface area (Å²) in [6.45, 7) is 1.44. The molecule has 144 valence electrons. The minimum atomic E-state index is -3.80. The average molecular weight is 408 g/mol. The van der Waals surface area contributed by atoms with Crippen LogP contribution >= 0.6 is 11.3 Å². The first-order valence-corrected chi connectivity index (χ1v) is 11.0. The van der Waals surface area contributed by atoms with E-state index in [9.17, 15) is 18.0 Å². The molecule has 0 saturated carbocycles. The highest BCUT2D eigenvalue weighted by molar-refractivity contribution is 7.89. The second-order valence-electron chi connectivity index (χ2n) is 6.38. The van der Waals surface area contributed by atoms with Crippen molar-refractivity contribution < 1.29 is 18.0 Å². The van der Waals surface area contributed by atoms with E-state index in [0.717, 1.165) is 13.0 Å². The predicted molar refractivity (Wildman–Crippen MR) is 103 cm³/mol. The summed E-state index contributed by atoms with van der Waals surface area (Å²) < 4.78 is 24.4. The maximum atomic E-state index is 12.4. The number of Topliss-reactive ketones (excluding diaryl/α,β-unsaturated/α-hetero) is 1. The second kappa shape index (κ2) is 8.75. The lowest BCUT2D eigenvalue weighted by Gasteiger charge is -2.31. The van der Waals surface area contributed by atoms with Crippen LogP contribution in [0, 0.1) is 5.92 Å². The number of benzene rings is 1. The van der Waals surface area contributed by atoms with Crippen molar-refractivity contribution in [1.82, 2.24) is 15.2 Å². The molecule has 2 aromatic rings. The van der Waals surface area contributed by atoms with Crippen molar-refractivity contribution in [3.05, 3.63) is 52.7 Å². The number of likely N-dealkylation sites (tertiary alicyclic amines) is 1. The van der Waals surface area contributed by atoms with E-state index in [2.05, 4.69) is 10.3 Å². The van der Waals surface area contributed by atoms with E-state index in [-0.39, 0.29) is 29.0 Å². The lowest BCUT2D eigenvalue weighted by Crippen LogP contribution is -2.49. The lowest BCUT2D eigenvalue weighted by atomic mass is 9.97. The number of sulfonamides is 1. The van der Waals surface area contributed by atoms with Gasteiger partial charge >= 0.3 is 0 Å². The first-order chi connectivity index (χ1) is 13.0. The van der Waals surface area contributed by atoms with Crippen LogP contribution in [-0.2, 0) is 14.8 Å². The number of amides is 1. The molecule has 0 radical (unpaired) electrons. The van der Waals surface area contributed by atoms with E-state index in [1.807, 2.05) is 16.3 Å². The molecule has 1 atom stereocenters. The molecule has 27 heavy (non-hydrogen) atoms. The zero-order chi connectivity index (χ0) is 19.3. The molecule has 0 bridgehead atoms.